The van der Waals surface area contributed by atoms with Crippen molar-refractivity contribution in [2.45, 2.75) is 160 Å². The van der Waals surface area contributed by atoms with E-state index in [2.05, 4.69) is 54.4 Å². The van der Waals surface area contributed by atoms with Crippen LogP contribution < -0.4 is 47.3 Å². The van der Waals surface area contributed by atoms with Crippen molar-refractivity contribution in [1.82, 2.24) is 21.3 Å². The van der Waals surface area contributed by atoms with Crippen molar-refractivity contribution in [2.24, 2.45) is 17.6 Å². The number of unbranched alkanes of at least 4 members (excludes halogenated alkanes) is 1. The molecule has 8 amide bonds. The summed E-state index contributed by atoms with van der Waals surface area (Å²) in [5.41, 5.74) is 2.72. The molecule has 9 atom stereocenters. The Bertz CT molecular complexity index is 2860. The molecular weight excluding hydrogens is 1180 g/mol. The van der Waals surface area contributed by atoms with Gasteiger partial charge in [-0.15, -0.1) is 0 Å². The molecule has 2 saturated heterocycles. The van der Waals surface area contributed by atoms with E-state index in [0.29, 0.717) is 25.7 Å². The van der Waals surface area contributed by atoms with Gasteiger partial charge in [-0.1, -0.05) is 78.7 Å². The molecule has 0 spiro atoms. The van der Waals surface area contributed by atoms with Crippen LogP contribution in [0, 0.1) is 17.7 Å². The Hall–Kier alpha value is -6.80. The summed E-state index contributed by atoms with van der Waals surface area (Å²) in [5.74, 6) is -4.85. The number of benzene rings is 2. The smallest absolute Gasteiger partial charge is 0.412 e. The number of amides is 8. The fourth-order valence-corrected chi connectivity index (χ4v) is 10.4. The van der Waals surface area contributed by atoms with E-state index in [4.69, 9.17) is 45.8 Å². The Morgan fingerprint density at radius 3 is 2.42 bits per heavy atom. The van der Waals surface area contributed by atoms with Crippen molar-refractivity contribution in [3.8, 4) is 5.75 Å². The van der Waals surface area contributed by atoms with Crippen LogP contribution in [0.1, 0.15) is 105 Å². The molecule has 2 fully saturated rings. The maximum Gasteiger partial charge on any atom is 0.412 e. The van der Waals surface area contributed by atoms with Gasteiger partial charge in [-0.05, 0) is 108 Å². The summed E-state index contributed by atoms with van der Waals surface area (Å²) >= 11 is 9.99. The first-order valence-electron chi connectivity index (χ1n) is 27.5. The maximum absolute atomic E-state index is 16.1. The number of methoxy groups -OCH3 is 2. The normalized spacial score (nSPS) is 24.2. The van der Waals surface area contributed by atoms with Crippen LogP contribution in [0.2, 0.25) is 5.02 Å². The molecule has 462 valence electrons. The number of halogens is 3. The number of carbonyl (C=O) groups is 8. The Kier molecular flexibility index (Phi) is 24.1. The largest absolute Gasteiger partial charge is 0.495 e. The number of primary amides is 1. The highest BCUT2D eigenvalue weighted by atomic mass is 79.9. The average Bonchev–Trinajstić information content (AvgIpc) is 1.73. The molecule has 23 nitrogen and oxygen atoms in total. The zero-order valence-electron chi connectivity index (χ0n) is 49.0. The quantitative estimate of drug-likeness (QED) is 0.0143. The number of ether oxygens (including phenoxy) is 6. The van der Waals surface area contributed by atoms with Gasteiger partial charge in [0.15, 0.2) is 5.72 Å². The van der Waals surface area contributed by atoms with Crippen LogP contribution in [0.15, 0.2) is 66.3 Å². The van der Waals surface area contributed by atoms with E-state index >= 15 is 4.39 Å². The van der Waals surface area contributed by atoms with Gasteiger partial charge < -0.3 is 65.4 Å². The van der Waals surface area contributed by atoms with Crippen LogP contribution in [0.4, 0.5) is 35.8 Å². The molecule has 2 aromatic rings. The third-order valence-electron chi connectivity index (χ3n) is 14.8. The van der Waals surface area contributed by atoms with Gasteiger partial charge in [0.1, 0.15) is 58.2 Å². The minimum Gasteiger partial charge on any atom is -0.495 e. The zero-order valence-corrected chi connectivity index (χ0v) is 51.4. The number of hydrogen-bond acceptors (Lipinski definition) is 15. The highest BCUT2D eigenvalue weighted by Crippen LogP contribution is 2.49. The highest BCUT2D eigenvalue weighted by molar-refractivity contribution is 9.09. The third kappa shape index (κ3) is 18.6. The van der Waals surface area contributed by atoms with Crippen molar-refractivity contribution in [3.63, 3.8) is 0 Å². The summed E-state index contributed by atoms with van der Waals surface area (Å²) in [6, 6.07) is 3.64. The Balaban J connectivity index is 1.32. The molecule has 26 heteroatoms. The van der Waals surface area contributed by atoms with Gasteiger partial charge >= 0.3 is 24.2 Å². The van der Waals surface area contributed by atoms with Gasteiger partial charge in [0.05, 0.1) is 31.0 Å². The van der Waals surface area contributed by atoms with E-state index in [1.165, 1.54) is 32.2 Å². The number of allylic oxidation sites excluding steroid dienone is 3. The third-order valence-corrected chi connectivity index (χ3v) is 15.8. The fraction of sp³-hybridized carbons (Fsp3) is 0.552. The number of urea groups is 1. The van der Waals surface area contributed by atoms with Crippen LogP contribution in [0.5, 0.6) is 5.75 Å². The Labute approximate surface area is 502 Å². The molecule has 3 aliphatic heterocycles. The monoisotopic (exact) mass is 1260 g/mol. The number of epoxide rings is 1. The maximum atomic E-state index is 16.1. The minimum absolute atomic E-state index is 0.0301. The molecule has 0 saturated carbocycles. The second kappa shape index (κ2) is 29.8. The standard InChI is InChI=1S/C58H79BrClFN8O15/c1-31(2)48(67-45(70)19-12-13-22-56(6,7)84-52(74)33(4)30-59)51(73)65-39(17-15-23-63-53(62)75)50(72)64-36-20-21-38(37(61)27-36)66-54(76)82-44-28-46(71)69(9)40-25-35(26-41(79-10)47(40)60)24-32(3)16-14-18-43(80-11)58(78)29-42(81-55(77)68-58)34(5)49-57(44,8)83-49/h14,16,18,20-21,25-27,31,34,39,42-44,48-49,78H,4,12-13,15,17,19,22-24,28-30H2,1-3,5-11H3,(H,64,72)(H,65,73)(H,66,76)(H,67,70)(H,68,77)(H3,62,63,75)/b18-14+,32-16+/t34-,39+,42+,43-,44+,48+,49+,57+,58+/m1/s1. The molecule has 0 aliphatic carbocycles. The van der Waals surface area contributed by atoms with E-state index in [-0.39, 0.29) is 65.3 Å². The molecule has 0 aromatic heterocycles. The molecule has 3 heterocycles. The number of fused-ring (bicyclic) bond motifs is 5. The number of esters is 1. The van der Waals surface area contributed by atoms with Crippen LogP contribution in [-0.4, -0.2) is 139 Å². The molecule has 0 unspecified atom stereocenters. The first-order chi connectivity index (χ1) is 39.4. The minimum atomic E-state index is -1.93. The summed E-state index contributed by atoms with van der Waals surface area (Å²) in [7, 11) is 4.31. The van der Waals surface area contributed by atoms with Gasteiger partial charge in [0.2, 0.25) is 23.6 Å². The van der Waals surface area contributed by atoms with E-state index < -0.39 is 131 Å². The van der Waals surface area contributed by atoms with E-state index in [9.17, 15) is 43.5 Å². The zero-order chi connectivity index (χ0) is 62.4. The number of anilines is 3. The lowest BCUT2D eigenvalue weighted by Gasteiger charge is -2.42. The van der Waals surface area contributed by atoms with Gasteiger partial charge in [-0.2, -0.15) is 0 Å². The fourth-order valence-electron chi connectivity index (χ4n) is 9.89. The van der Waals surface area contributed by atoms with Gasteiger partial charge in [0.25, 0.3) is 0 Å². The van der Waals surface area contributed by atoms with E-state index in [0.717, 1.165) is 23.3 Å². The number of nitrogens with zero attached hydrogens (tertiary/aromatic N) is 1. The second-order valence-electron chi connectivity index (χ2n) is 22.4. The lowest BCUT2D eigenvalue weighted by atomic mass is 9.83. The van der Waals surface area contributed by atoms with Crippen molar-refractivity contribution in [3.05, 3.63) is 82.7 Å². The molecule has 2 aromatic carbocycles. The van der Waals surface area contributed by atoms with Crippen LogP contribution in [0.3, 0.4) is 0 Å². The SMILES string of the molecule is C=C(CBr)C(=O)OC(C)(C)CCCCC(=O)N[C@H](C(=O)N[C@@H](CCCNC(N)=O)C(=O)Nc1ccc(NC(=O)O[C@H]2CC(=O)N(C)c3cc(cc(OC)c3Cl)C/C(C)=C/C=C/[C@@H](OC)[C@@]3(O)C[C@H](OC(=O)N3)[C@@H](C)[C@@H]3O[C@@]23C)c(F)c1)C(C)C. The first kappa shape index (κ1) is 68.0. The number of rotatable bonds is 22. The number of nitrogens with one attached hydrogen (secondary N) is 6. The summed E-state index contributed by atoms with van der Waals surface area (Å²) in [4.78, 5) is 107. The van der Waals surface area contributed by atoms with Crippen molar-refractivity contribution in [1.29, 1.82) is 0 Å². The lowest BCUT2D eigenvalue weighted by Crippen LogP contribution is -2.63. The van der Waals surface area contributed by atoms with Crippen molar-refractivity contribution >= 4 is 92.4 Å². The number of nitrogens with two attached hydrogens (primary N) is 1. The number of alkyl carbamates (subject to hydrolysis) is 1. The van der Waals surface area contributed by atoms with Crippen molar-refractivity contribution < 1.29 is 76.3 Å². The van der Waals surface area contributed by atoms with E-state index in [1.54, 1.807) is 65.8 Å². The van der Waals surface area contributed by atoms with Crippen LogP contribution >= 0.6 is 27.5 Å². The van der Waals surface area contributed by atoms with Gasteiger partial charge in [-0.25, -0.2) is 23.6 Å². The predicted molar refractivity (Wildman–Crippen MR) is 315 cm³/mol. The number of alkyl halides is 1. The van der Waals surface area contributed by atoms with Gasteiger partial charge in [0, 0.05) is 56.1 Å². The number of carbonyl (C=O) groups excluding carboxylic acids is 8. The van der Waals surface area contributed by atoms with Crippen LogP contribution in [0.25, 0.3) is 0 Å². The second-order valence-corrected chi connectivity index (χ2v) is 23.3. The van der Waals surface area contributed by atoms with Gasteiger partial charge in [-0.3, -0.25) is 29.8 Å². The first-order valence-corrected chi connectivity index (χ1v) is 29.0. The van der Waals surface area contributed by atoms with Crippen LogP contribution in [-0.2, 0) is 54.1 Å². The lowest BCUT2D eigenvalue weighted by molar-refractivity contribution is -0.152. The molecule has 0 radical (unpaired) electrons. The summed E-state index contributed by atoms with van der Waals surface area (Å²) < 4.78 is 50.7. The molecule has 5 rings (SSSR count). The summed E-state index contributed by atoms with van der Waals surface area (Å²) in [5, 5.41) is 27.5. The van der Waals surface area contributed by atoms with Crippen molar-refractivity contribution in [2.75, 3.05) is 48.7 Å². The predicted octanol–water partition coefficient (Wildman–Crippen LogP) is 7.36. The van der Waals surface area contributed by atoms with E-state index in [1.807, 2.05) is 13.0 Å². The average molecular weight is 1260 g/mol. The number of hydrogen-bond donors (Lipinski definition) is 8. The Morgan fingerprint density at radius 1 is 1.06 bits per heavy atom. The molecule has 3 aliphatic rings. The summed E-state index contributed by atoms with van der Waals surface area (Å²) in [6.45, 7) is 15.8. The number of aliphatic hydroxyl groups is 1. The molecule has 4 bridgehead atoms. The molecule has 9 N–H and O–H groups in total. The molecular formula is C58H79BrClFN8O15. The molecule has 84 heavy (non-hydrogen) atoms. The topological polar surface area (TPSA) is 317 Å². The Morgan fingerprint density at radius 2 is 1.77 bits per heavy atom. The summed E-state index contributed by atoms with van der Waals surface area (Å²) in [6.07, 6.45) is 0.0672. The highest BCUT2D eigenvalue weighted by Gasteiger charge is 2.64.